The average molecular weight is 704 g/mol. The van der Waals surface area contributed by atoms with Crippen molar-refractivity contribution in [2.45, 2.75) is 6.17 Å². The lowest BCUT2D eigenvalue weighted by Crippen LogP contribution is -2.33. The Morgan fingerprint density at radius 3 is 1.95 bits per heavy atom. The normalized spacial score (nSPS) is 14.4. The van der Waals surface area contributed by atoms with Gasteiger partial charge in [-0.1, -0.05) is 158 Å². The molecule has 4 nitrogen and oxygen atoms in total. The van der Waals surface area contributed by atoms with Crippen LogP contribution in [0.1, 0.15) is 22.9 Å². The number of fused-ring (bicyclic) bond motifs is 6. The lowest BCUT2D eigenvalue weighted by atomic mass is 9.89. The van der Waals surface area contributed by atoms with Crippen LogP contribution in [0.2, 0.25) is 0 Å². The fourth-order valence-electron chi connectivity index (χ4n) is 8.29. The van der Waals surface area contributed by atoms with Crippen molar-refractivity contribution >= 4 is 65.9 Å². The second-order valence-electron chi connectivity index (χ2n) is 14.2. The Labute approximate surface area is 317 Å². The van der Waals surface area contributed by atoms with Gasteiger partial charge in [-0.25, -0.2) is 9.98 Å². The SMILES string of the molecule is c1ccc(C2=NC(c3ccc(-c4cc(-c5cccc6ccccc56)cc5oc6ccccc6c45)c4ccccc34)=NC(c3ccc4ccccc4c3)N2)cc1. The highest BCUT2D eigenvalue weighted by Gasteiger charge is 2.24. The summed E-state index contributed by atoms with van der Waals surface area (Å²) >= 11 is 0. The second kappa shape index (κ2) is 12.7. The van der Waals surface area contributed by atoms with E-state index in [2.05, 4.69) is 169 Å². The fourth-order valence-corrected chi connectivity index (χ4v) is 8.29. The van der Waals surface area contributed by atoms with Gasteiger partial charge in [0.15, 0.2) is 5.84 Å². The predicted molar refractivity (Wildman–Crippen MR) is 229 cm³/mol. The van der Waals surface area contributed by atoms with Crippen LogP contribution in [-0.4, -0.2) is 11.7 Å². The smallest absolute Gasteiger partial charge is 0.160 e. The van der Waals surface area contributed by atoms with Gasteiger partial charge in [-0.05, 0) is 90.5 Å². The maximum Gasteiger partial charge on any atom is 0.160 e. The number of amidine groups is 2. The molecule has 258 valence electrons. The van der Waals surface area contributed by atoms with Crippen molar-refractivity contribution in [2.75, 3.05) is 0 Å². The molecule has 10 aromatic rings. The molecular weight excluding hydrogens is 671 g/mol. The predicted octanol–water partition coefficient (Wildman–Crippen LogP) is 12.9. The number of rotatable bonds is 5. The van der Waals surface area contributed by atoms with Crippen LogP contribution in [0.3, 0.4) is 0 Å². The van der Waals surface area contributed by atoms with Gasteiger partial charge in [-0.3, -0.25) is 0 Å². The molecular formula is C51H33N3O. The number of furan rings is 1. The summed E-state index contributed by atoms with van der Waals surface area (Å²) in [6.07, 6.45) is -0.319. The molecule has 55 heavy (non-hydrogen) atoms. The molecule has 1 aromatic heterocycles. The maximum absolute atomic E-state index is 6.61. The minimum absolute atomic E-state index is 0.319. The number of nitrogens with one attached hydrogen (secondary N) is 1. The summed E-state index contributed by atoms with van der Waals surface area (Å²) in [4.78, 5) is 10.5. The van der Waals surface area contributed by atoms with Crippen molar-refractivity contribution in [1.29, 1.82) is 0 Å². The molecule has 1 atom stereocenters. The number of aliphatic imine (C=N–C) groups is 2. The number of hydrogen-bond donors (Lipinski definition) is 1. The van der Waals surface area contributed by atoms with Gasteiger partial charge in [-0.15, -0.1) is 0 Å². The third kappa shape index (κ3) is 5.30. The lowest BCUT2D eigenvalue weighted by molar-refractivity contribution is 0.669. The fraction of sp³-hybridized carbons (Fsp3) is 0.0196. The Balaban J connectivity index is 1.13. The van der Waals surface area contributed by atoms with Gasteiger partial charge in [0.05, 0.1) is 0 Å². The van der Waals surface area contributed by atoms with E-state index in [4.69, 9.17) is 14.4 Å². The summed E-state index contributed by atoms with van der Waals surface area (Å²) in [6.45, 7) is 0. The molecule has 4 heteroatoms. The van der Waals surface area contributed by atoms with Gasteiger partial charge in [0.2, 0.25) is 0 Å². The summed E-state index contributed by atoms with van der Waals surface area (Å²) in [5.74, 6) is 1.49. The van der Waals surface area contributed by atoms with Crippen molar-refractivity contribution in [3.63, 3.8) is 0 Å². The highest BCUT2D eigenvalue weighted by molar-refractivity contribution is 6.21. The summed E-state index contributed by atoms with van der Waals surface area (Å²) in [7, 11) is 0. The van der Waals surface area contributed by atoms with Crippen molar-refractivity contribution in [3.8, 4) is 22.3 Å². The largest absolute Gasteiger partial charge is 0.456 e. The first kappa shape index (κ1) is 31.2. The number of para-hydroxylation sites is 1. The summed E-state index contributed by atoms with van der Waals surface area (Å²) in [5, 5.41) is 12.9. The Morgan fingerprint density at radius 1 is 0.418 bits per heavy atom. The highest BCUT2D eigenvalue weighted by atomic mass is 16.3. The number of nitrogens with zero attached hydrogens (tertiary/aromatic N) is 2. The van der Waals surface area contributed by atoms with E-state index >= 15 is 0 Å². The van der Waals surface area contributed by atoms with E-state index in [9.17, 15) is 0 Å². The monoisotopic (exact) mass is 703 g/mol. The Kier molecular flexibility index (Phi) is 7.20. The van der Waals surface area contributed by atoms with E-state index < -0.39 is 0 Å². The summed E-state index contributed by atoms with van der Waals surface area (Å²) < 4.78 is 6.61. The molecule has 0 fully saturated rings. The third-order valence-electron chi connectivity index (χ3n) is 10.9. The highest BCUT2D eigenvalue weighted by Crippen LogP contribution is 2.44. The van der Waals surface area contributed by atoms with E-state index in [0.29, 0.717) is 5.84 Å². The van der Waals surface area contributed by atoms with Gasteiger partial charge in [0.25, 0.3) is 0 Å². The molecule has 0 amide bonds. The molecule has 0 saturated carbocycles. The molecule has 0 aliphatic carbocycles. The number of benzene rings is 9. The quantitative estimate of drug-likeness (QED) is 0.194. The van der Waals surface area contributed by atoms with Crippen molar-refractivity contribution in [2.24, 2.45) is 9.98 Å². The van der Waals surface area contributed by atoms with Crippen LogP contribution in [0.4, 0.5) is 0 Å². The Morgan fingerprint density at radius 2 is 1.09 bits per heavy atom. The summed E-state index contributed by atoms with van der Waals surface area (Å²) in [5.41, 5.74) is 9.38. The molecule has 11 rings (SSSR count). The second-order valence-corrected chi connectivity index (χ2v) is 14.2. The first-order valence-electron chi connectivity index (χ1n) is 18.7. The zero-order chi connectivity index (χ0) is 36.3. The van der Waals surface area contributed by atoms with E-state index in [-0.39, 0.29) is 6.17 Å². The van der Waals surface area contributed by atoms with Crippen molar-refractivity contribution in [3.05, 3.63) is 205 Å². The minimum Gasteiger partial charge on any atom is -0.456 e. The van der Waals surface area contributed by atoms with E-state index in [1.54, 1.807) is 0 Å². The first-order valence-corrected chi connectivity index (χ1v) is 18.7. The van der Waals surface area contributed by atoms with E-state index in [0.717, 1.165) is 71.9 Å². The molecule has 0 bridgehead atoms. The Hall–Kier alpha value is -7.30. The van der Waals surface area contributed by atoms with Crippen LogP contribution in [0, 0.1) is 0 Å². The van der Waals surface area contributed by atoms with Crippen molar-refractivity contribution in [1.82, 2.24) is 5.32 Å². The third-order valence-corrected chi connectivity index (χ3v) is 10.9. The molecule has 0 radical (unpaired) electrons. The molecule has 2 heterocycles. The van der Waals surface area contributed by atoms with Gasteiger partial charge < -0.3 is 9.73 Å². The molecule has 9 aromatic carbocycles. The zero-order valence-electron chi connectivity index (χ0n) is 29.8. The molecule has 1 aliphatic rings. The molecule has 0 spiro atoms. The van der Waals surface area contributed by atoms with Gasteiger partial charge in [0.1, 0.15) is 23.2 Å². The standard InChI is InChI=1S/C51H33N3O/c1-2-15-34(16-3-1)49-52-50(36-26-25-32-13-4-5-17-35(32)29-36)54-51(53-49)43-28-27-42(40-20-8-9-21-41(40)43)45-30-37(39-23-12-18-33-14-6-7-19-38(33)39)31-47-48(45)44-22-10-11-24-46(44)55-47/h1-31,50H,(H,52,53,54). The number of hydrogen-bond acceptors (Lipinski definition) is 4. The van der Waals surface area contributed by atoms with Gasteiger partial charge >= 0.3 is 0 Å². The topological polar surface area (TPSA) is 49.9 Å². The molecule has 1 aliphatic heterocycles. The molecule has 0 saturated heterocycles. The van der Waals surface area contributed by atoms with Gasteiger partial charge in [-0.2, -0.15) is 0 Å². The summed E-state index contributed by atoms with van der Waals surface area (Å²) in [6, 6.07) is 66.4. The molecule has 1 unspecified atom stereocenters. The maximum atomic E-state index is 6.61. The average Bonchev–Trinajstić information content (AvgIpc) is 3.64. The van der Waals surface area contributed by atoms with E-state index in [1.165, 1.54) is 27.1 Å². The zero-order valence-corrected chi connectivity index (χ0v) is 29.8. The van der Waals surface area contributed by atoms with Crippen LogP contribution in [0.15, 0.2) is 202 Å². The van der Waals surface area contributed by atoms with Crippen LogP contribution < -0.4 is 5.32 Å². The Bertz CT molecular complexity index is 3190. The van der Waals surface area contributed by atoms with Crippen LogP contribution in [0.25, 0.3) is 76.5 Å². The van der Waals surface area contributed by atoms with E-state index in [1.807, 2.05) is 24.3 Å². The van der Waals surface area contributed by atoms with Crippen LogP contribution in [-0.2, 0) is 0 Å². The van der Waals surface area contributed by atoms with Crippen LogP contribution in [0.5, 0.6) is 0 Å². The molecule has 1 N–H and O–H groups in total. The first-order chi connectivity index (χ1) is 27.2. The van der Waals surface area contributed by atoms with Crippen LogP contribution >= 0.6 is 0 Å². The lowest BCUT2D eigenvalue weighted by Gasteiger charge is -2.24. The van der Waals surface area contributed by atoms with Crippen molar-refractivity contribution < 1.29 is 4.42 Å². The van der Waals surface area contributed by atoms with Gasteiger partial charge in [0, 0.05) is 21.9 Å². The minimum atomic E-state index is -0.319.